The highest BCUT2D eigenvalue weighted by Crippen LogP contribution is 2.21. The first-order valence-electron chi connectivity index (χ1n) is 6.79. The van der Waals surface area contributed by atoms with Crippen LogP contribution in [-0.2, 0) is 7.05 Å². The first-order chi connectivity index (χ1) is 10.6. The van der Waals surface area contributed by atoms with Gasteiger partial charge in [0.15, 0.2) is 0 Å². The van der Waals surface area contributed by atoms with E-state index in [1.807, 2.05) is 35.9 Å². The average molecular weight is 290 g/mol. The lowest BCUT2D eigenvalue weighted by atomic mass is 10.1. The molecule has 1 amide bonds. The summed E-state index contributed by atoms with van der Waals surface area (Å²) in [6.45, 7) is 0. The number of carbonyl (C=O) groups excluding carboxylic acids is 1. The van der Waals surface area contributed by atoms with Gasteiger partial charge in [-0.2, -0.15) is 5.26 Å². The maximum absolute atomic E-state index is 12.5. The molecule has 1 heterocycles. The number of aromatic nitrogens is 2. The molecule has 0 bridgehead atoms. The number of nitrogens with zero attached hydrogens (tertiary/aromatic N) is 4. The van der Waals surface area contributed by atoms with Crippen molar-refractivity contribution >= 4 is 22.6 Å². The Balaban J connectivity index is 1.95. The van der Waals surface area contributed by atoms with E-state index in [-0.39, 0.29) is 5.91 Å². The van der Waals surface area contributed by atoms with E-state index in [1.165, 1.54) is 0 Å². The molecule has 22 heavy (non-hydrogen) atoms. The molecule has 1 aromatic heterocycles. The van der Waals surface area contributed by atoms with Crippen molar-refractivity contribution in [1.82, 2.24) is 9.55 Å². The van der Waals surface area contributed by atoms with Gasteiger partial charge in [0.25, 0.3) is 5.91 Å². The van der Waals surface area contributed by atoms with Crippen LogP contribution in [0.4, 0.5) is 5.69 Å². The number of benzene rings is 2. The lowest BCUT2D eigenvalue weighted by Gasteiger charge is -2.17. The normalized spacial score (nSPS) is 10.4. The van der Waals surface area contributed by atoms with Gasteiger partial charge in [0.2, 0.25) is 0 Å². The number of fused-ring (bicyclic) bond motifs is 1. The fraction of sp³-hybridized carbons (Fsp3) is 0.118. The summed E-state index contributed by atoms with van der Waals surface area (Å²) >= 11 is 0. The van der Waals surface area contributed by atoms with Gasteiger partial charge in [0, 0.05) is 25.3 Å². The van der Waals surface area contributed by atoms with Crippen LogP contribution in [0.15, 0.2) is 48.8 Å². The SMILES string of the molecule is CN(C(=O)c1cccc(C#N)c1)c1ccc2c(c1)ncn2C. The smallest absolute Gasteiger partial charge is 0.258 e. The van der Waals surface area contributed by atoms with Crippen molar-refractivity contribution in [3.63, 3.8) is 0 Å². The van der Waals surface area contributed by atoms with Crippen LogP contribution in [-0.4, -0.2) is 22.5 Å². The van der Waals surface area contributed by atoms with Crippen LogP contribution < -0.4 is 4.90 Å². The molecule has 5 nitrogen and oxygen atoms in total. The zero-order valence-corrected chi connectivity index (χ0v) is 12.3. The predicted molar refractivity (Wildman–Crippen MR) is 84.6 cm³/mol. The second-order valence-corrected chi connectivity index (χ2v) is 5.09. The average Bonchev–Trinajstić information content (AvgIpc) is 2.94. The molecule has 0 aliphatic heterocycles. The molecule has 2 aromatic carbocycles. The maximum Gasteiger partial charge on any atom is 0.258 e. The molecule has 0 unspecified atom stereocenters. The standard InChI is InChI=1S/C17H14N4O/c1-20-11-19-15-9-14(6-7-16(15)20)21(2)17(22)13-5-3-4-12(8-13)10-18/h3-9,11H,1-2H3. The molecule has 3 rings (SSSR count). The van der Waals surface area contributed by atoms with Crippen molar-refractivity contribution < 1.29 is 4.79 Å². The molecule has 5 heteroatoms. The fourth-order valence-electron chi connectivity index (χ4n) is 2.37. The molecular formula is C17H14N4O. The molecule has 0 atom stereocenters. The highest BCUT2D eigenvalue weighted by molar-refractivity contribution is 6.06. The van der Waals surface area contributed by atoms with Gasteiger partial charge in [0.1, 0.15) is 0 Å². The Morgan fingerprint density at radius 1 is 1.27 bits per heavy atom. The Bertz CT molecular complexity index is 904. The number of imidazole rings is 1. The Morgan fingerprint density at radius 2 is 2.09 bits per heavy atom. The Kier molecular flexibility index (Phi) is 3.36. The van der Waals surface area contributed by atoms with Gasteiger partial charge in [-0.05, 0) is 36.4 Å². The minimum absolute atomic E-state index is 0.160. The number of hydrogen-bond acceptors (Lipinski definition) is 3. The molecule has 0 N–H and O–H groups in total. The van der Waals surface area contributed by atoms with Crippen LogP contribution in [0.25, 0.3) is 11.0 Å². The van der Waals surface area contributed by atoms with E-state index < -0.39 is 0 Å². The second kappa shape index (κ2) is 5.34. The summed E-state index contributed by atoms with van der Waals surface area (Å²) in [5.74, 6) is -0.160. The molecule has 0 aliphatic rings. The second-order valence-electron chi connectivity index (χ2n) is 5.09. The number of aryl methyl sites for hydroxylation is 1. The summed E-state index contributed by atoms with van der Waals surface area (Å²) in [6.07, 6.45) is 1.74. The highest BCUT2D eigenvalue weighted by Gasteiger charge is 2.15. The topological polar surface area (TPSA) is 61.9 Å². The van der Waals surface area contributed by atoms with E-state index in [4.69, 9.17) is 5.26 Å². The van der Waals surface area contributed by atoms with Gasteiger partial charge in [-0.1, -0.05) is 6.07 Å². The van der Waals surface area contributed by atoms with Gasteiger partial charge in [-0.25, -0.2) is 4.98 Å². The van der Waals surface area contributed by atoms with Crippen molar-refractivity contribution in [1.29, 1.82) is 5.26 Å². The van der Waals surface area contributed by atoms with Crippen LogP contribution in [0.3, 0.4) is 0 Å². The monoisotopic (exact) mass is 290 g/mol. The largest absolute Gasteiger partial charge is 0.334 e. The molecule has 108 valence electrons. The van der Waals surface area contributed by atoms with Crippen LogP contribution in [0.1, 0.15) is 15.9 Å². The van der Waals surface area contributed by atoms with Gasteiger partial charge in [-0.15, -0.1) is 0 Å². The summed E-state index contributed by atoms with van der Waals surface area (Å²) in [7, 11) is 3.64. The van der Waals surface area contributed by atoms with Crippen LogP contribution in [0.5, 0.6) is 0 Å². The third-order valence-electron chi connectivity index (χ3n) is 3.64. The molecule has 0 fully saturated rings. The Labute approximate surface area is 128 Å². The van der Waals surface area contributed by atoms with Crippen molar-refractivity contribution in [3.05, 3.63) is 59.9 Å². The van der Waals surface area contributed by atoms with E-state index >= 15 is 0 Å². The van der Waals surface area contributed by atoms with E-state index in [0.717, 1.165) is 16.7 Å². The number of carbonyl (C=O) groups is 1. The summed E-state index contributed by atoms with van der Waals surface area (Å²) in [5, 5.41) is 8.93. The predicted octanol–water partition coefficient (Wildman–Crippen LogP) is 2.72. The van der Waals surface area contributed by atoms with E-state index in [0.29, 0.717) is 11.1 Å². The number of nitriles is 1. The molecule has 0 aliphatic carbocycles. The number of anilines is 1. The minimum Gasteiger partial charge on any atom is -0.334 e. The van der Waals surface area contributed by atoms with Crippen molar-refractivity contribution in [2.75, 3.05) is 11.9 Å². The lowest BCUT2D eigenvalue weighted by Crippen LogP contribution is -2.26. The Morgan fingerprint density at radius 3 is 2.86 bits per heavy atom. The third-order valence-corrected chi connectivity index (χ3v) is 3.64. The summed E-state index contributed by atoms with van der Waals surface area (Å²) in [4.78, 5) is 18.4. The highest BCUT2D eigenvalue weighted by atomic mass is 16.2. The fourth-order valence-corrected chi connectivity index (χ4v) is 2.37. The summed E-state index contributed by atoms with van der Waals surface area (Å²) in [6, 6.07) is 14.4. The van der Waals surface area contributed by atoms with Crippen molar-refractivity contribution in [3.8, 4) is 6.07 Å². The van der Waals surface area contributed by atoms with Gasteiger partial charge in [0.05, 0.1) is 29.0 Å². The van der Waals surface area contributed by atoms with Crippen molar-refractivity contribution in [2.45, 2.75) is 0 Å². The Hall–Kier alpha value is -3.13. The van der Waals surface area contributed by atoms with Crippen LogP contribution in [0, 0.1) is 11.3 Å². The van der Waals surface area contributed by atoms with E-state index in [2.05, 4.69) is 4.98 Å². The molecule has 0 saturated heterocycles. The summed E-state index contributed by atoms with van der Waals surface area (Å²) < 4.78 is 1.93. The quantitative estimate of drug-likeness (QED) is 0.729. The molecule has 0 radical (unpaired) electrons. The number of rotatable bonds is 2. The van der Waals surface area contributed by atoms with E-state index in [9.17, 15) is 4.79 Å². The third kappa shape index (κ3) is 2.31. The zero-order valence-electron chi connectivity index (χ0n) is 12.3. The van der Waals surface area contributed by atoms with Crippen molar-refractivity contribution in [2.24, 2.45) is 7.05 Å². The van der Waals surface area contributed by atoms with Gasteiger partial charge >= 0.3 is 0 Å². The van der Waals surface area contributed by atoms with E-state index in [1.54, 1.807) is 42.5 Å². The number of amides is 1. The van der Waals surface area contributed by atoms with Gasteiger partial charge in [-0.3, -0.25) is 4.79 Å². The first-order valence-corrected chi connectivity index (χ1v) is 6.79. The zero-order chi connectivity index (χ0) is 15.7. The number of hydrogen-bond donors (Lipinski definition) is 0. The molecular weight excluding hydrogens is 276 g/mol. The maximum atomic E-state index is 12.5. The molecule has 0 spiro atoms. The summed E-state index contributed by atoms with van der Waals surface area (Å²) in [5.41, 5.74) is 3.57. The molecule has 0 saturated carbocycles. The van der Waals surface area contributed by atoms with Crippen LogP contribution in [0.2, 0.25) is 0 Å². The molecule has 3 aromatic rings. The van der Waals surface area contributed by atoms with Gasteiger partial charge < -0.3 is 9.47 Å². The minimum atomic E-state index is -0.160. The van der Waals surface area contributed by atoms with Crippen LogP contribution >= 0.6 is 0 Å². The first kappa shape index (κ1) is 13.8. The lowest BCUT2D eigenvalue weighted by molar-refractivity contribution is 0.0993.